The van der Waals surface area contributed by atoms with Crippen LogP contribution in [0.15, 0.2) is 60.7 Å². The second-order valence-corrected chi connectivity index (χ2v) is 26.6. The molecule has 0 spiro atoms. The molecule has 116 heavy (non-hydrogen) atoms. The van der Waals surface area contributed by atoms with E-state index in [-0.39, 0.29) is 32.7 Å². The minimum absolute atomic E-state index is 0.191. The number of hydrogen-bond acceptors (Lipinski definition) is 36. The van der Waals surface area contributed by atoms with Gasteiger partial charge in [0.15, 0.2) is 73.8 Å². The lowest BCUT2D eigenvalue weighted by molar-refractivity contribution is -0.307. The molecule has 5 rings (SSSR count). The number of esters is 12. The highest BCUT2D eigenvalue weighted by molar-refractivity contribution is 5.87. The molecule has 3 aliphatic rings. The van der Waals surface area contributed by atoms with Crippen LogP contribution in [-0.2, 0) is 180 Å². The Balaban J connectivity index is 1.52. The first-order valence-electron chi connectivity index (χ1n) is 36.8. The molecule has 3 aliphatic heterocycles. The van der Waals surface area contributed by atoms with Gasteiger partial charge in [0.25, 0.3) is 0 Å². The van der Waals surface area contributed by atoms with Crippen molar-refractivity contribution in [1.82, 2.24) is 26.6 Å². The van der Waals surface area contributed by atoms with Gasteiger partial charge in [-0.25, -0.2) is 4.79 Å². The molecule has 0 radical (unpaired) electrons. The van der Waals surface area contributed by atoms with Crippen molar-refractivity contribution in [3.63, 3.8) is 0 Å². The van der Waals surface area contributed by atoms with Crippen molar-refractivity contribution >= 4 is 101 Å². The van der Waals surface area contributed by atoms with Crippen LogP contribution in [0, 0.1) is 0 Å². The van der Waals surface area contributed by atoms with E-state index in [4.69, 9.17) is 90.0 Å². The van der Waals surface area contributed by atoms with E-state index in [2.05, 4.69) is 26.6 Å². The van der Waals surface area contributed by atoms with Crippen LogP contribution in [0.25, 0.3) is 0 Å². The van der Waals surface area contributed by atoms with Gasteiger partial charge in [-0.15, -0.1) is 0 Å². The van der Waals surface area contributed by atoms with Gasteiger partial charge < -0.3 is 117 Å². The lowest BCUT2D eigenvalue weighted by atomic mass is 9.82. The fraction of sp³-hybridized carbons (Fsp3) is 0.613. The Kier molecular flexibility index (Phi) is 39.9. The third kappa shape index (κ3) is 34.2. The zero-order valence-corrected chi connectivity index (χ0v) is 66.2. The average Bonchev–Trinajstić information content (AvgIpc) is 0.799. The van der Waals surface area contributed by atoms with Gasteiger partial charge >= 0.3 is 77.7 Å². The SMILES string of the molecule is CC(=O)OC[C@H]1O[C@H](OCCNC(=O)CCC(CCC(=O)NCCO[C@H]2O[C@H](COC(C)=O)[C@@H](OC(C)=O)[C@H](OC(C)=O)[C@@H]2OC(C)=O)(CCC(=O)NCCO[C@H]2O[C@H](COC(C)=O)[C@@H](OC(C)=O)[C@H](OC(C)=O)[C@@H]2OC(C)=O)NC(=O)[C@H](Cc2ccccc2)NC(=O)OCc2ccccc2)[C@@H](OC(C)=O)[C@@H](OC(C)=O)[C@@H]1OC(C)=O. The highest BCUT2D eigenvalue weighted by Crippen LogP contribution is 2.34. The Labute approximate surface area is 666 Å². The molecular weight excluding hydrogens is 1550 g/mol. The standard InChI is InChI=1S/C75H101N5O36/c1-40(81)101-37-55-61(105-43(4)84)64(108-46(7)87)67(111-49(10)90)71(114-55)98-32-29-76-58(93)23-26-75(80-70(96)54(35-52-19-15-13-16-20-52)79-74(97)104-36-53-21-17-14-18-22-53,27-24-59(94)77-30-33-99-72-68(112-50(11)91)65(109-47(8)88)62(106-44(5)85)56(115-72)38-102-41(2)82)28-25-60(95)78-31-34-100-73-69(113-51(12)92)66(110-48(9)89)63(107-45(6)86)57(116-73)39-103-42(3)83/h13-22,54-57,61-69,71-73H,23-39H2,1-12H3,(H,76,93)(H,77,94)(H,78,95)(H,79,97)(H,80,96)/t54-,55+,56+,57+,61+,62+,63+,64-,65-,66-,67-,68-,69-,71-,72-,73-/m0/s1. The summed E-state index contributed by atoms with van der Waals surface area (Å²) in [6, 6.07) is 15.5. The van der Waals surface area contributed by atoms with Crippen molar-refractivity contribution in [1.29, 1.82) is 0 Å². The summed E-state index contributed by atoms with van der Waals surface area (Å²) in [5, 5.41) is 13.6. The summed E-state index contributed by atoms with van der Waals surface area (Å²) in [5.74, 6) is -13.8. The normalized spacial score (nSPS) is 23.0. The molecule has 16 atom stereocenters. The predicted octanol–water partition coefficient (Wildman–Crippen LogP) is 0.367. The highest BCUT2D eigenvalue weighted by Gasteiger charge is 2.56. The van der Waals surface area contributed by atoms with E-state index in [1.807, 2.05) is 0 Å². The van der Waals surface area contributed by atoms with Crippen LogP contribution in [0.2, 0.25) is 0 Å². The van der Waals surface area contributed by atoms with Gasteiger partial charge in [0, 0.05) is 134 Å². The summed E-state index contributed by atoms with van der Waals surface area (Å²) in [6.45, 7) is 7.94. The average molecular weight is 1650 g/mol. The molecule has 0 bridgehead atoms. The number of alkyl carbamates (subject to hydrolysis) is 1. The first-order chi connectivity index (χ1) is 54.9. The monoisotopic (exact) mass is 1650 g/mol. The lowest BCUT2D eigenvalue weighted by Crippen LogP contribution is -2.63. The molecule has 5 N–H and O–H groups in total. The minimum atomic E-state index is -1.84. The van der Waals surface area contributed by atoms with E-state index >= 15 is 4.79 Å². The van der Waals surface area contributed by atoms with Crippen molar-refractivity contribution in [2.75, 3.05) is 59.3 Å². The third-order valence-electron chi connectivity index (χ3n) is 16.9. The summed E-state index contributed by atoms with van der Waals surface area (Å²) in [4.78, 5) is 221. The van der Waals surface area contributed by atoms with E-state index in [0.29, 0.717) is 11.1 Å². The maximum atomic E-state index is 15.3. The van der Waals surface area contributed by atoms with Crippen LogP contribution in [0.3, 0.4) is 0 Å². The molecule has 3 saturated heterocycles. The second-order valence-electron chi connectivity index (χ2n) is 26.6. The molecule has 642 valence electrons. The van der Waals surface area contributed by atoms with Gasteiger partial charge in [-0.3, -0.25) is 76.7 Å². The van der Waals surface area contributed by atoms with Crippen LogP contribution < -0.4 is 26.6 Å². The van der Waals surface area contributed by atoms with E-state index in [0.717, 1.165) is 83.1 Å². The number of ether oxygens (including phenoxy) is 19. The summed E-state index contributed by atoms with van der Waals surface area (Å²) in [5.41, 5.74) is -0.718. The maximum absolute atomic E-state index is 15.3. The fourth-order valence-electron chi connectivity index (χ4n) is 12.3. The van der Waals surface area contributed by atoms with Gasteiger partial charge in [0.1, 0.15) is 50.8 Å². The highest BCUT2D eigenvalue weighted by atomic mass is 16.8. The van der Waals surface area contributed by atoms with Crippen LogP contribution in [-0.4, -0.2) is 264 Å². The third-order valence-corrected chi connectivity index (χ3v) is 16.9. The summed E-state index contributed by atoms with van der Waals surface area (Å²) >= 11 is 0. The van der Waals surface area contributed by atoms with Crippen molar-refractivity contribution < 1.29 is 172 Å². The van der Waals surface area contributed by atoms with E-state index in [1.165, 1.54) is 0 Å². The fourth-order valence-corrected chi connectivity index (χ4v) is 12.3. The molecule has 3 fully saturated rings. The van der Waals surface area contributed by atoms with E-state index < -0.39 is 283 Å². The van der Waals surface area contributed by atoms with Gasteiger partial charge in [0.05, 0.1) is 19.8 Å². The Bertz CT molecular complexity index is 3420. The molecule has 0 unspecified atom stereocenters. The summed E-state index contributed by atoms with van der Waals surface area (Å²) in [7, 11) is 0. The molecule has 0 aliphatic carbocycles. The zero-order chi connectivity index (χ0) is 85.8. The minimum Gasteiger partial charge on any atom is -0.463 e. The molecule has 2 aromatic rings. The second kappa shape index (κ2) is 48.4. The molecule has 41 nitrogen and oxygen atoms in total. The predicted molar refractivity (Wildman–Crippen MR) is 385 cm³/mol. The van der Waals surface area contributed by atoms with Crippen molar-refractivity contribution in [3.8, 4) is 0 Å². The number of carbonyl (C=O) groups excluding carboxylic acids is 17. The maximum Gasteiger partial charge on any atom is 0.408 e. The van der Waals surface area contributed by atoms with Gasteiger partial charge in [-0.2, -0.15) is 0 Å². The molecule has 3 heterocycles. The number of carbonyl (C=O) groups is 17. The lowest BCUT2D eigenvalue weighted by Gasteiger charge is -2.44. The Hall–Kier alpha value is -11.0. The number of hydrogen-bond donors (Lipinski definition) is 5. The van der Waals surface area contributed by atoms with E-state index in [9.17, 15) is 76.7 Å². The van der Waals surface area contributed by atoms with Gasteiger partial charge in [-0.05, 0) is 30.4 Å². The first kappa shape index (κ1) is 95.6. The molecule has 2 aromatic carbocycles. The van der Waals surface area contributed by atoms with Crippen molar-refractivity contribution in [3.05, 3.63) is 71.8 Å². The van der Waals surface area contributed by atoms with E-state index in [1.54, 1.807) is 60.7 Å². The Morgan fingerprint density at radius 3 is 0.905 bits per heavy atom. The Morgan fingerprint density at radius 1 is 0.345 bits per heavy atom. The van der Waals surface area contributed by atoms with Crippen LogP contribution in [0.4, 0.5) is 4.79 Å². The zero-order valence-electron chi connectivity index (χ0n) is 66.2. The van der Waals surface area contributed by atoms with Gasteiger partial charge in [0.2, 0.25) is 23.6 Å². The summed E-state index contributed by atoms with van der Waals surface area (Å²) < 4.78 is 106. The molecular formula is C75H101N5O36. The molecule has 41 heteroatoms. The molecule has 0 saturated carbocycles. The quantitative estimate of drug-likeness (QED) is 0.0340. The van der Waals surface area contributed by atoms with Crippen LogP contribution >= 0.6 is 0 Å². The number of rotatable bonds is 43. The number of amides is 5. The van der Waals surface area contributed by atoms with Crippen molar-refractivity contribution in [2.24, 2.45) is 0 Å². The Morgan fingerprint density at radius 2 is 0.621 bits per heavy atom. The van der Waals surface area contributed by atoms with Crippen molar-refractivity contribution in [2.45, 2.75) is 238 Å². The van der Waals surface area contributed by atoms with Gasteiger partial charge in [-0.1, -0.05) is 60.7 Å². The van der Waals surface area contributed by atoms with Crippen LogP contribution in [0.1, 0.15) is 133 Å². The summed E-state index contributed by atoms with van der Waals surface area (Å²) in [6.07, 6.45) is -27.6. The van der Waals surface area contributed by atoms with Crippen LogP contribution in [0.5, 0.6) is 0 Å². The molecule has 5 amide bonds. The topological polar surface area (TPSA) is 526 Å². The smallest absolute Gasteiger partial charge is 0.408 e. The largest absolute Gasteiger partial charge is 0.463 e. The molecule has 0 aromatic heterocycles. The number of benzene rings is 2. The first-order valence-corrected chi connectivity index (χ1v) is 36.8. The number of nitrogens with one attached hydrogen (secondary N) is 5.